The second-order valence-corrected chi connectivity index (χ2v) is 6.87. The minimum atomic E-state index is -0.867. The van der Waals surface area contributed by atoms with Crippen LogP contribution in [-0.2, 0) is 11.2 Å². The maximum Gasteiger partial charge on any atom is 0.413 e. The molecule has 0 saturated heterocycles. The molecule has 0 aliphatic rings. The van der Waals surface area contributed by atoms with Gasteiger partial charge in [-0.25, -0.2) is 14.6 Å². The maximum atomic E-state index is 12.4. The molecule has 0 aliphatic carbocycles. The Labute approximate surface area is 179 Å². The summed E-state index contributed by atoms with van der Waals surface area (Å²) in [4.78, 5) is 41.1. The van der Waals surface area contributed by atoms with Gasteiger partial charge in [0.05, 0.1) is 12.7 Å². The molecule has 0 atom stereocenters. The number of halogens is 1. The van der Waals surface area contributed by atoms with Crippen LogP contribution < -0.4 is 15.8 Å². The summed E-state index contributed by atoms with van der Waals surface area (Å²) in [6.45, 7) is 5.81. The van der Waals surface area contributed by atoms with E-state index in [9.17, 15) is 14.4 Å². The van der Waals surface area contributed by atoms with E-state index in [0.717, 1.165) is 0 Å². The highest BCUT2D eigenvalue weighted by atomic mass is 35.5. The number of ether oxygens (including phenoxy) is 2. The number of hydrogen-bond donors (Lipinski definition) is 2. The Kier molecular flexibility index (Phi) is 7.77. The third kappa shape index (κ3) is 4.88. The zero-order valence-electron chi connectivity index (χ0n) is 17.3. The number of aromatic nitrogens is 1. The van der Waals surface area contributed by atoms with Gasteiger partial charge in [-0.1, -0.05) is 25.4 Å². The van der Waals surface area contributed by atoms with Gasteiger partial charge in [0.15, 0.2) is 0 Å². The van der Waals surface area contributed by atoms with E-state index in [0.29, 0.717) is 41.2 Å². The Morgan fingerprint density at radius 1 is 1.23 bits per heavy atom. The Balaban J connectivity index is 2.82. The fourth-order valence-corrected chi connectivity index (χ4v) is 3.35. The third-order valence-electron chi connectivity index (χ3n) is 4.35. The number of aryl methyl sites for hydroxylation is 1. The molecule has 0 unspecified atom stereocenters. The van der Waals surface area contributed by atoms with Crippen LogP contribution in [0.2, 0.25) is 5.02 Å². The molecule has 0 spiro atoms. The topological polar surface area (TPSA) is 121 Å². The van der Waals surface area contributed by atoms with Crippen molar-refractivity contribution in [3.8, 4) is 17.0 Å². The lowest BCUT2D eigenvalue weighted by Gasteiger charge is -2.19. The predicted molar refractivity (Wildman–Crippen MR) is 113 cm³/mol. The Morgan fingerprint density at radius 2 is 1.93 bits per heavy atom. The van der Waals surface area contributed by atoms with Gasteiger partial charge in [-0.3, -0.25) is 4.79 Å². The first kappa shape index (κ1) is 23.2. The van der Waals surface area contributed by atoms with Crippen molar-refractivity contribution in [2.24, 2.45) is 5.73 Å². The van der Waals surface area contributed by atoms with Crippen LogP contribution in [-0.4, -0.2) is 36.6 Å². The van der Waals surface area contributed by atoms with Crippen LogP contribution in [0.25, 0.3) is 11.1 Å². The van der Waals surface area contributed by atoms with Crippen molar-refractivity contribution in [1.29, 1.82) is 0 Å². The van der Waals surface area contributed by atoms with E-state index in [-0.39, 0.29) is 22.6 Å². The monoisotopic (exact) mass is 433 g/mol. The van der Waals surface area contributed by atoms with Gasteiger partial charge in [0, 0.05) is 28.4 Å². The Morgan fingerprint density at radius 3 is 2.50 bits per heavy atom. The summed E-state index contributed by atoms with van der Waals surface area (Å²) in [7, 11) is 1.26. The minimum absolute atomic E-state index is 0.130. The lowest BCUT2D eigenvalue weighted by atomic mass is 9.90. The van der Waals surface area contributed by atoms with Crippen LogP contribution >= 0.6 is 11.6 Å². The lowest BCUT2D eigenvalue weighted by Crippen LogP contribution is -2.29. The smallest absolute Gasteiger partial charge is 0.413 e. The SMILES string of the molecule is CCCNC(=O)Oc1nc(C)cc(-c2c(C(=O)OC)ccc(Cl)c2CC)c1C(N)=O. The molecular formula is C21H24ClN3O5. The molecule has 2 amide bonds. The molecule has 1 heterocycles. The molecule has 0 aliphatic heterocycles. The van der Waals surface area contributed by atoms with E-state index < -0.39 is 18.0 Å². The molecule has 3 N–H and O–H groups in total. The maximum absolute atomic E-state index is 12.4. The minimum Gasteiger partial charge on any atom is -0.465 e. The summed E-state index contributed by atoms with van der Waals surface area (Å²) in [5, 5.41) is 2.96. The summed E-state index contributed by atoms with van der Waals surface area (Å²) >= 11 is 6.37. The second kappa shape index (κ2) is 10.1. The number of amides is 2. The number of pyridine rings is 1. The molecule has 0 saturated carbocycles. The molecule has 0 fully saturated rings. The van der Waals surface area contributed by atoms with Gasteiger partial charge in [0.25, 0.3) is 5.91 Å². The van der Waals surface area contributed by atoms with E-state index in [1.165, 1.54) is 13.2 Å². The van der Waals surface area contributed by atoms with Crippen molar-refractivity contribution >= 4 is 29.6 Å². The quantitative estimate of drug-likeness (QED) is 0.643. The van der Waals surface area contributed by atoms with Crippen molar-refractivity contribution in [3.05, 3.63) is 45.6 Å². The van der Waals surface area contributed by atoms with Crippen LogP contribution in [0.5, 0.6) is 5.88 Å². The zero-order chi connectivity index (χ0) is 22.4. The van der Waals surface area contributed by atoms with Crippen LogP contribution in [0, 0.1) is 6.92 Å². The molecule has 2 rings (SSSR count). The van der Waals surface area contributed by atoms with Crippen molar-refractivity contribution in [3.63, 3.8) is 0 Å². The van der Waals surface area contributed by atoms with Crippen LogP contribution in [0.1, 0.15) is 52.2 Å². The highest BCUT2D eigenvalue weighted by molar-refractivity contribution is 6.32. The first-order chi connectivity index (χ1) is 14.2. The summed E-state index contributed by atoms with van der Waals surface area (Å²) < 4.78 is 10.2. The molecule has 30 heavy (non-hydrogen) atoms. The predicted octanol–water partition coefficient (Wildman–Crippen LogP) is 3.66. The molecule has 1 aromatic heterocycles. The normalized spacial score (nSPS) is 10.4. The molecule has 160 valence electrons. The number of methoxy groups -OCH3 is 1. The number of primary amides is 1. The van der Waals surface area contributed by atoms with Crippen LogP contribution in [0.15, 0.2) is 18.2 Å². The van der Waals surface area contributed by atoms with Crippen molar-refractivity contribution in [2.75, 3.05) is 13.7 Å². The van der Waals surface area contributed by atoms with E-state index in [1.54, 1.807) is 19.1 Å². The average molecular weight is 434 g/mol. The lowest BCUT2D eigenvalue weighted by molar-refractivity contribution is 0.0601. The number of nitrogens with zero attached hydrogens (tertiary/aromatic N) is 1. The van der Waals surface area contributed by atoms with Gasteiger partial charge in [0.2, 0.25) is 5.88 Å². The largest absolute Gasteiger partial charge is 0.465 e. The highest BCUT2D eigenvalue weighted by Gasteiger charge is 2.27. The fraction of sp³-hybridized carbons (Fsp3) is 0.333. The second-order valence-electron chi connectivity index (χ2n) is 6.47. The summed E-state index contributed by atoms with van der Waals surface area (Å²) in [5.74, 6) is -1.72. The number of carbonyl (C=O) groups is 3. The summed E-state index contributed by atoms with van der Waals surface area (Å²) in [5.41, 5.74) is 7.44. The van der Waals surface area contributed by atoms with Crippen molar-refractivity contribution < 1.29 is 23.9 Å². The first-order valence-electron chi connectivity index (χ1n) is 9.42. The number of hydrogen-bond acceptors (Lipinski definition) is 6. The van der Waals surface area contributed by atoms with Gasteiger partial charge < -0.3 is 20.5 Å². The van der Waals surface area contributed by atoms with Gasteiger partial charge in [-0.2, -0.15) is 0 Å². The fourth-order valence-electron chi connectivity index (χ4n) is 3.06. The van der Waals surface area contributed by atoms with Crippen molar-refractivity contribution in [1.82, 2.24) is 10.3 Å². The number of nitrogens with two attached hydrogens (primary N) is 1. The van der Waals surface area contributed by atoms with Gasteiger partial charge >= 0.3 is 12.1 Å². The summed E-state index contributed by atoms with van der Waals surface area (Å²) in [6, 6.07) is 4.69. The van der Waals surface area contributed by atoms with Crippen LogP contribution in [0.3, 0.4) is 0 Å². The summed E-state index contributed by atoms with van der Waals surface area (Å²) in [6.07, 6.45) is 0.402. The average Bonchev–Trinajstić information content (AvgIpc) is 2.70. The van der Waals surface area contributed by atoms with E-state index in [1.807, 2.05) is 13.8 Å². The standard InChI is InChI=1S/C21H24ClN3O5/c1-5-9-24-21(28)30-19-17(18(23)26)14(10-11(3)25-19)16-12(6-2)15(22)8-7-13(16)20(27)29-4/h7-8,10H,5-6,9H2,1-4H3,(H2,23,26)(H,24,28). The Hall–Kier alpha value is -3.13. The number of carbonyl (C=O) groups excluding carboxylic acids is 3. The molecule has 2 aromatic rings. The van der Waals surface area contributed by atoms with E-state index in [2.05, 4.69) is 10.3 Å². The number of benzene rings is 1. The number of esters is 1. The van der Waals surface area contributed by atoms with Crippen molar-refractivity contribution in [2.45, 2.75) is 33.6 Å². The Bertz CT molecular complexity index is 991. The zero-order valence-corrected chi connectivity index (χ0v) is 18.1. The molecular weight excluding hydrogens is 410 g/mol. The third-order valence-corrected chi connectivity index (χ3v) is 4.71. The number of nitrogens with one attached hydrogen (secondary N) is 1. The van der Waals surface area contributed by atoms with E-state index >= 15 is 0 Å². The highest BCUT2D eigenvalue weighted by Crippen LogP contribution is 2.38. The van der Waals surface area contributed by atoms with Gasteiger partial charge in [-0.05, 0) is 43.5 Å². The molecule has 0 radical (unpaired) electrons. The van der Waals surface area contributed by atoms with Gasteiger partial charge in [-0.15, -0.1) is 0 Å². The van der Waals surface area contributed by atoms with Gasteiger partial charge in [0.1, 0.15) is 5.56 Å². The molecule has 9 heteroatoms. The molecule has 1 aromatic carbocycles. The van der Waals surface area contributed by atoms with Crippen LogP contribution in [0.4, 0.5) is 4.79 Å². The molecule has 0 bridgehead atoms. The first-order valence-corrected chi connectivity index (χ1v) is 9.80. The van der Waals surface area contributed by atoms with E-state index in [4.69, 9.17) is 26.8 Å². The number of rotatable bonds is 7. The molecule has 8 nitrogen and oxygen atoms in total.